The third kappa shape index (κ3) is 3.36. The topological polar surface area (TPSA) is 65.2 Å². The zero-order chi connectivity index (χ0) is 16.3. The lowest BCUT2D eigenvalue weighted by Gasteiger charge is -2.17. The number of pyridine rings is 1. The number of rotatable bonds is 4. The Labute approximate surface area is 130 Å². The fourth-order valence-corrected chi connectivity index (χ4v) is 2.19. The number of aryl methyl sites for hydroxylation is 2. The zero-order valence-electron chi connectivity index (χ0n) is 13.4. The Hall–Kier alpha value is -2.56. The SMILES string of the molecule is CCc1cc(Nc2cccc(N(C)C(C)=O)c2)c(C)[nH]c1=O. The van der Waals surface area contributed by atoms with E-state index in [4.69, 9.17) is 0 Å². The van der Waals surface area contributed by atoms with Gasteiger partial charge >= 0.3 is 0 Å². The van der Waals surface area contributed by atoms with Crippen LogP contribution in [0, 0.1) is 6.92 Å². The number of hydrogen-bond donors (Lipinski definition) is 2. The lowest BCUT2D eigenvalue weighted by Crippen LogP contribution is -2.22. The Morgan fingerprint density at radius 1 is 1.32 bits per heavy atom. The molecule has 1 heterocycles. The van der Waals surface area contributed by atoms with Crippen molar-refractivity contribution < 1.29 is 4.79 Å². The number of anilines is 3. The van der Waals surface area contributed by atoms with Crippen LogP contribution in [-0.2, 0) is 11.2 Å². The van der Waals surface area contributed by atoms with Crippen LogP contribution >= 0.6 is 0 Å². The maximum atomic E-state index is 11.8. The monoisotopic (exact) mass is 299 g/mol. The summed E-state index contributed by atoms with van der Waals surface area (Å²) in [5.74, 6) is -0.0226. The Morgan fingerprint density at radius 3 is 2.68 bits per heavy atom. The van der Waals surface area contributed by atoms with Crippen LogP contribution in [0.1, 0.15) is 25.1 Å². The van der Waals surface area contributed by atoms with Crippen molar-refractivity contribution in [2.24, 2.45) is 0 Å². The smallest absolute Gasteiger partial charge is 0.251 e. The maximum Gasteiger partial charge on any atom is 0.251 e. The summed E-state index contributed by atoms with van der Waals surface area (Å²) in [6.07, 6.45) is 0.678. The Bertz CT molecular complexity index is 750. The average Bonchev–Trinajstić information content (AvgIpc) is 2.49. The van der Waals surface area contributed by atoms with Crippen molar-refractivity contribution in [1.29, 1.82) is 0 Å². The van der Waals surface area contributed by atoms with Gasteiger partial charge in [-0.15, -0.1) is 0 Å². The standard InChI is InChI=1S/C17H21N3O2/c1-5-13-9-16(11(2)18-17(13)22)19-14-7-6-8-15(10-14)20(4)12(3)21/h6-10,19H,5H2,1-4H3,(H,18,22). The number of aromatic amines is 1. The number of hydrogen-bond acceptors (Lipinski definition) is 3. The first kappa shape index (κ1) is 15.8. The number of benzene rings is 1. The summed E-state index contributed by atoms with van der Waals surface area (Å²) in [5, 5.41) is 3.30. The predicted octanol–water partition coefficient (Wildman–Crippen LogP) is 2.97. The molecule has 2 aromatic rings. The van der Waals surface area contributed by atoms with E-state index >= 15 is 0 Å². The molecule has 5 nitrogen and oxygen atoms in total. The van der Waals surface area contributed by atoms with E-state index in [-0.39, 0.29) is 11.5 Å². The Kier molecular flexibility index (Phi) is 4.65. The minimum absolute atomic E-state index is 0.0226. The summed E-state index contributed by atoms with van der Waals surface area (Å²) >= 11 is 0. The lowest BCUT2D eigenvalue weighted by atomic mass is 10.1. The highest BCUT2D eigenvalue weighted by atomic mass is 16.2. The molecule has 2 N–H and O–H groups in total. The molecule has 22 heavy (non-hydrogen) atoms. The molecule has 5 heteroatoms. The lowest BCUT2D eigenvalue weighted by molar-refractivity contribution is -0.116. The number of carbonyl (C=O) groups excluding carboxylic acids is 1. The van der Waals surface area contributed by atoms with Crippen molar-refractivity contribution in [3.05, 3.63) is 51.9 Å². The van der Waals surface area contributed by atoms with Crippen LogP contribution < -0.4 is 15.8 Å². The van der Waals surface area contributed by atoms with Gasteiger partial charge in [-0.05, 0) is 37.6 Å². The van der Waals surface area contributed by atoms with Crippen molar-refractivity contribution in [2.45, 2.75) is 27.2 Å². The summed E-state index contributed by atoms with van der Waals surface area (Å²) in [6, 6.07) is 9.46. The van der Waals surface area contributed by atoms with Crippen molar-refractivity contribution >= 4 is 23.0 Å². The first-order chi connectivity index (χ1) is 10.4. The fraction of sp³-hybridized carbons (Fsp3) is 0.294. The minimum atomic E-state index is -0.0457. The van der Waals surface area contributed by atoms with Gasteiger partial charge in [0.2, 0.25) is 5.91 Å². The van der Waals surface area contributed by atoms with Crippen molar-refractivity contribution in [3.63, 3.8) is 0 Å². The van der Waals surface area contributed by atoms with E-state index in [9.17, 15) is 9.59 Å². The number of nitrogens with zero attached hydrogens (tertiary/aromatic N) is 1. The van der Waals surface area contributed by atoms with Crippen LogP contribution in [0.5, 0.6) is 0 Å². The molecule has 0 spiro atoms. The highest BCUT2D eigenvalue weighted by Gasteiger charge is 2.08. The van der Waals surface area contributed by atoms with Crippen LogP contribution in [0.2, 0.25) is 0 Å². The van der Waals surface area contributed by atoms with Crippen LogP contribution in [0.3, 0.4) is 0 Å². The number of nitrogens with one attached hydrogen (secondary N) is 2. The van der Waals surface area contributed by atoms with Gasteiger partial charge in [0.15, 0.2) is 0 Å². The fourth-order valence-electron chi connectivity index (χ4n) is 2.19. The molecule has 0 saturated heterocycles. The first-order valence-electron chi connectivity index (χ1n) is 7.26. The quantitative estimate of drug-likeness (QED) is 0.912. The summed E-state index contributed by atoms with van der Waals surface area (Å²) < 4.78 is 0. The second-order valence-electron chi connectivity index (χ2n) is 5.27. The predicted molar refractivity (Wildman–Crippen MR) is 90.0 cm³/mol. The van der Waals surface area contributed by atoms with Gasteiger partial charge in [0.1, 0.15) is 0 Å². The molecule has 0 fully saturated rings. The molecule has 1 amide bonds. The van der Waals surface area contributed by atoms with Gasteiger partial charge in [0.05, 0.1) is 5.69 Å². The van der Waals surface area contributed by atoms with Crippen LogP contribution in [0.25, 0.3) is 0 Å². The Balaban J connectivity index is 2.33. The van der Waals surface area contributed by atoms with Crippen LogP contribution in [0.4, 0.5) is 17.1 Å². The Morgan fingerprint density at radius 2 is 2.05 bits per heavy atom. The molecule has 1 aromatic carbocycles. The van der Waals surface area contributed by atoms with Crippen LogP contribution in [0.15, 0.2) is 35.1 Å². The van der Waals surface area contributed by atoms with Crippen molar-refractivity contribution in [2.75, 3.05) is 17.3 Å². The molecule has 0 aliphatic heterocycles. The van der Waals surface area contributed by atoms with Crippen LogP contribution in [-0.4, -0.2) is 17.9 Å². The second-order valence-corrected chi connectivity index (χ2v) is 5.27. The van der Waals surface area contributed by atoms with Gasteiger partial charge in [0, 0.05) is 36.6 Å². The largest absolute Gasteiger partial charge is 0.354 e. The minimum Gasteiger partial charge on any atom is -0.354 e. The van der Waals surface area contributed by atoms with Crippen molar-refractivity contribution in [1.82, 2.24) is 4.98 Å². The maximum absolute atomic E-state index is 11.8. The third-order valence-electron chi connectivity index (χ3n) is 3.68. The summed E-state index contributed by atoms with van der Waals surface area (Å²) in [7, 11) is 1.74. The zero-order valence-corrected chi connectivity index (χ0v) is 13.4. The van der Waals surface area contributed by atoms with Gasteiger partial charge in [0.25, 0.3) is 5.56 Å². The van der Waals surface area contributed by atoms with E-state index in [2.05, 4.69) is 10.3 Å². The summed E-state index contributed by atoms with van der Waals surface area (Å²) in [4.78, 5) is 27.7. The number of H-pyrrole nitrogens is 1. The average molecular weight is 299 g/mol. The molecule has 0 bridgehead atoms. The summed E-state index contributed by atoms with van der Waals surface area (Å²) in [6.45, 7) is 5.33. The molecule has 116 valence electrons. The van der Waals surface area contributed by atoms with E-state index in [0.29, 0.717) is 6.42 Å². The number of amides is 1. The second kappa shape index (κ2) is 6.47. The molecule has 0 aliphatic rings. The van der Waals surface area contributed by atoms with E-state index in [0.717, 1.165) is 28.3 Å². The first-order valence-corrected chi connectivity index (χ1v) is 7.26. The summed E-state index contributed by atoms with van der Waals surface area (Å²) in [5.41, 5.74) is 4.02. The normalized spacial score (nSPS) is 10.4. The molecule has 0 atom stereocenters. The molecule has 0 saturated carbocycles. The van der Waals surface area contributed by atoms with E-state index in [1.54, 1.807) is 11.9 Å². The van der Waals surface area contributed by atoms with E-state index in [1.807, 2.05) is 44.2 Å². The van der Waals surface area contributed by atoms with Gasteiger partial charge in [-0.3, -0.25) is 9.59 Å². The molecule has 0 radical (unpaired) electrons. The molecule has 1 aromatic heterocycles. The van der Waals surface area contributed by atoms with Gasteiger partial charge in [-0.2, -0.15) is 0 Å². The number of carbonyl (C=O) groups is 1. The van der Waals surface area contributed by atoms with Gasteiger partial charge in [-0.25, -0.2) is 0 Å². The van der Waals surface area contributed by atoms with Crippen molar-refractivity contribution in [3.8, 4) is 0 Å². The van der Waals surface area contributed by atoms with E-state index < -0.39 is 0 Å². The number of aromatic nitrogens is 1. The highest BCUT2D eigenvalue weighted by molar-refractivity contribution is 5.91. The molecule has 2 rings (SSSR count). The third-order valence-corrected chi connectivity index (χ3v) is 3.68. The molecule has 0 aliphatic carbocycles. The van der Waals surface area contributed by atoms with E-state index in [1.165, 1.54) is 6.92 Å². The highest BCUT2D eigenvalue weighted by Crippen LogP contribution is 2.23. The van der Waals surface area contributed by atoms with Gasteiger partial charge < -0.3 is 15.2 Å². The molecular formula is C17H21N3O2. The molecule has 0 unspecified atom stereocenters. The van der Waals surface area contributed by atoms with Gasteiger partial charge in [-0.1, -0.05) is 13.0 Å². The molecular weight excluding hydrogens is 278 g/mol.